The van der Waals surface area contributed by atoms with Gasteiger partial charge >= 0.3 is 5.97 Å². The smallest absolute Gasteiger partial charge is 0.308 e. The Morgan fingerprint density at radius 3 is 2.69 bits per heavy atom. The molecule has 2 rings (SSSR count). The summed E-state index contributed by atoms with van der Waals surface area (Å²) >= 11 is 0. The van der Waals surface area contributed by atoms with E-state index < -0.39 is 5.97 Å². The lowest BCUT2D eigenvalue weighted by Gasteiger charge is -2.33. The van der Waals surface area contributed by atoms with Crippen LogP contribution in [-0.4, -0.2) is 17.1 Å². The minimum Gasteiger partial charge on any atom is -0.481 e. The van der Waals surface area contributed by atoms with Gasteiger partial charge in [0.25, 0.3) is 0 Å². The first-order chi connectivity index (χ1) is 7.77. The van der Waals surface area contributed by atoms with Crippen molar-refractivity contribution in [3.8, 4) is 0 Å². The van der Waals surface area contributed by atoms with E-state index in [0.717, 1.165) is 18.4 Å². The molecular formula is C12H15NO3. The van der Waals surface area contributed by atoms with Crippen LogP contribution in [0.5, 0.6) is 0 Å². The number of carbonyl (C=O) groups is 1. The van der Waals surface area contributed by atoms with Gasteiger partial charge in [0, 0.05) is 6.04 Å². The van der Waals surface area contributed by atoms with Crippen molar-refractivity contribution in [2.24, 2.45) is 5.92 Å². The molecular weight excluding hydrogens is 206 g/mol. The standard InChI is InChI=1S/C12H15NO3/c14-12(15)10-6-7-11(10)13-16-8-9-4-2-1-3-5-9/h1-5,10-11,13H,6-8H2,(H,14,15). The number of carboxylic acids is 1. The molecule has 1 aliphatic carbocycles. The van der Waals surface area contributed by atoms with Gasteiger partial charge in [0.15, 0.2) is 0 Å². The van der Waals surface area contributed by atoms with E-state index in [1.54, 1.807) is 0 Å². The Balaban J connectivity index is 1.71. The molecule has 0 amide bonds. The Bertz CT molecular complexity index is 353. The number of aliphatic carboxylic acids is 1. The van der Waals surface area contributed by atoms with Crippen LogP contribution in [0.15, 0.2) is 30.3 Å². The van der Waals surface area contributed by atoms with E-state index >= 15 is 0 Å². The summed E-state index contributed by atoms with van der Waals surface area (Å²) < 4.78 is 0. The number of rotatable bonds is 5. The minimum atomic E-state index is -0.743. The maximum atomic E-state index is 10.7. The predicted octanol–water partition coefficient (Wildman–Crippen LogP) is 1.57. The molecule has 1 aromatic rings. The highest BCUT2D eigenvalue weighted by atomic mass is 16.6. The molecule has 0 saturated heterocycles. The predicted molar refractivity (Wildman–Crippen MR) is 58.5 cm³/mol. The molecule has 0 aliphatic heterocycles. The van der Waals surface area contributed by atoms with Crippen molar-refractivity contribution in [3.63, 3.8) is 0 Å². The van der Waals surface area contributed by atoms with E-state index in [4.69, 9.17) is 9.94 Å². The third kappa shape index (κ3) is 2.59. The highest BCUT2D eigenvalue weighted by Gasteiger charge is 2.36. The molecule has 4 heteroatoms. The van der Waals surface area contributed by atoms with Gasteiger partial charge in [0.2, 0.25) is 0 Å². The van der Waals surface area contributed by atoms with Crippen molar-refractivity contribution in [1.29, 1.82) is 0 Å². The topological polar surface area (TPSA) is 58.6 Å². The van der Waals surface area contributed by atoms with Crippen LogP contribution in [0, 0.1) is 5.92 Å². The van der Waals surface area contributed by atoms with Crippen molar-refractivity contribution in [2.45, 2.75) is 25.5 Å². The van der Waals surface area contributed by atoms with Crippen LogP contribution in [-0.2, 0) is 16.2 Å². The second kappa shape index (κ2) is 5.09. The molecule has 0 bridgehead atoms. The zero-order valence-corrected chi connectivity index (χ0v) is 8.93. The summed E-state index contributed by atoms with van der Waals surface area (Å²) in [5.41, 5.74) is 3.89. The molecule has 0 radical (unpaired) electrons. The third-order valence-corrected chi connectivity index (χ3v) is 2.91. The Morgan fingerprint density at radius 2 is 2.12 bits per heavy atom. The monoisotopic (exact) mass is 221 g/mol. The van der Waals surface area contributed by atoms with Crippen molar-refractivity contribution < 1.29 is 14.7 Å². The highest BCUT2D eigenvalue weighted by Crippen LogP contribution is 2.27. The molecule has 86 valence electrons. The van der Waals surface area contributed by atoms with E-state index in [0.29, 0.717) is 6.61 Å². The molecule has 1 aromatic carbocycles. The Kier molecular flexibility index (Phi) is 3.54. The number of hydroxylamine groups is 1. The van der Waals surface area contributed by atoms with Crippen LogP contribution >= 0.6 is 0 Å². The first kappa shape index (κ1) is 11.1. The molecule has 2 unspecified atom stereocenters. The molecule has 1 fully saturated rings. The average Bonchev–Trinajstić information content (AvgIpc) is 2.23. The van der Waals surface area contributed by atoms with Crippen molar-refractivity contribution in [3.05, 3.63) is 35.9 Å². The first-order valence-corrected chi connectivity index (χ1v) is 5.41. The number of carboxylic acid groups (broad SMARTS) is 1. The quantitative estimate of drug-likeness (QED) is 0.741. The number of nitrogens with one attached hydrogen (secondary N) is 1. The lowest BCUT2D eigenvalue weighted by atomic mass is 9.80. The second-order valence-corrected chi connectivity index (χ2v) is 4.02. The molecule has 1 aliphatic rings. The van der Waals surface area contributed by atoms with E-state index in [-0.39, 0.29) is 12.0 Å². The van der Waals surface area contributed by atoms with Crippen LogP contribution in [0.3, 0.4) is 0 Å². The molecule has 0 spiro atoms. The van der Waals surface area contributed by atoms with Gasteiger partial charge in [-0.2, -0.15) is 5.48 Å². The number of hydrogen-bond donors (Lipinski definition) is 2. The van der Waals surface area contributed by atoms with Gasteiger partial charge in [-0.25, -0.2) is 0 Å². The summed E-state index contributed by atoms with van der Waals surface area (Å²) in [6.07, 6.45) is 1.60. The molecule has 0 heterocycles. The van der Waals surface area contributed by atoms with E-state index in [2.05, 4.69) is 5.48 Å². The molecule has 2 N–H and O–H groups in total. The van der Waals surface area contributed by atoms with Gasteiger partial charge < -0.3 is 5.11 Å². The Labute approximate surface area is 94.2 Å². The molecule has 2 atom stereocenters. The molecule has 16 heavy (non-hydrogen) atoms. The summed E-state index contributed by atoms with van der Waals surface area (Å²) in [7, 11) is 0. The van der Waals surface area contributed by atoms with Crippen molar-refractivity contribution >= 4 is 5.97 Å². The summed E-state index contributed by atoms with van der Waals surface area (Å²) in [4.78, 5) is 16.0. The highest BCUT2D eigenvalue weighted by molar-refractivity contribution is 5.72. The van der Waals surface area contributed by atoms with Gasteiger partial charge in [-0.1, -0.05) is 30.3 Å². The van der Waals surface area contributed by atoms with Crippen molar-refractivity contribution in [1.82, 2.24) is 5.48 Å². The lowest BCUT2D eigenvalue weighted by Crippen LogP contribution is -2.47. The van der Waals surface area contributed by atoms with Crippen LogP contribution < -0.4 is 5.48 Å². The van der Waals surface area contributed by atoms with Gasteiger partial charge in [-0.05, 0) is 18.4 Å². The first-order valence-electron chi connectivity index (χ1n) is 5.41. The Morgan fingerprint density at radius 1 is 1.38 bits per heavy atom. The average molecular weight is 221 g/mol. The molecule has 1 saturated carbocycles. The zero-order chi connectivity index (χ0) is 11.4. The summed E-state index contributed by atoms with van der Waals surface area (Å²) in [5, 5.41) is 8.82. The fourth-order valence-corrected chi connectivity index (χ4v) is 1.74. The van der Waals surface area contributed by atoms with Crippen LogP contribution in [0.2, 0.25) is 0 Å². The fraction of sp³-hybridized carbons (Fsp3) is 0.417. The largest absolute Gasteiger partial charge is 0.481 e. The SMILES string of the molecule is O=C(O)C1CCC1NOCc1ccccc1. The van der Waals surface area contributed by atoms with Gasteiger partial charge in [0.05, 0.1) is 12.5 Å². The second-order valence-electron chi connectivity index (χ2n) is 4.02. The van der Waals surface area contributed by atoms with Gasteiger partial charge in [-0.3, -0.25) is 9.63 Å². The van der Waals surface area contributed by atoms with E-state index in [9.17, 15) is 4.79 Å². The maximum Gasteiger partial charge on any atom is 0.308 e. The molecule has 0 aromatic heterocycles. The molecule has 4 nitrogen and oxygen atoms in total. The van der Waals surface area contributed by atoms with Crippen LogP contribution in [0.1, 0.15) is 18.4 Å². The van der Waals surface area contributed by atoms with E-state index in [1.165, 1.54) is 0 Å². The van der Waals surface area contributed by atoms with Crippen LogP contribution in [0.25, 0.3) is 0 Å². The van der Waals surface area contributed by atoms with Gasteiger partial charge in [0.1, 0.15) is 0 Å². The maximum absolute atomic E-state index is 10.7. The summed E-state index contributed by atoms with van der Waals surface area (Å²) in [6.45, 7) is 0.462. The number of benzene rings is 1. The lowest BCUT2D eigenvalue weighted by molar-refractivity contribution is -0.150. The number of hydrogen-bond acceptors (Lipinski definition) is 3. The van der Waals surface area contributed by atoms with Crippen LogP contribution in [0.4, 0.5) is 0 Å². The zero-order valence-electron chi connectivity index (χ0n) is 8.93. The summed E-state index contributed by atoms with van der Waals surface area (Å²) in [5.74, 6) is -1.04. The Hall–Kier alpha value is -1.39. The fourth-order valence-electron chi connectivity index (χ4n) is 1.74. The minimum absolute atomic E-state index is 0.0405. The van der Waals surface area contributed by atoms with Crippen molar-refractivity contribution in [2.75, 3.05) is 0 Å². The van der Waals surface area contributed by atoms with Gasteiger partial charge in [-0.15, -0.1) is 0 Å². The normalized spacial score (nSPS) is 23.8. The van der Waals surface area contributed by atoms with E-state index in [1.807, 2.05) is 30.3 Å². The third-order valence-electron chi connectivity index (χ3n) is 2.91. The summed E-state index contributed by atoms with van der Waals surface area (Å²) in [6, 6.07) is 9.74.